The number of nitrogens with zero attached hydrogens (tertiary/aromatic N) is 2. The van der Waals surface area contributed by atoms with Crippen molar-refractivity contribution < 1.29 is 9.53 Å². The predicted octanol–water partition coefficient (Wildman–Crippen LogP) is 5.90. The Morgan fingerprint density at radius 1 is 1.06 bits per heavy atom. The Morgan fingerprint density at radius 3 is 2.64 bits per heavy atom. The van der Waals surface area contributed by atoms with Gasteiger partial charge < -0.3 is 14.3 Å². The summed E-state index contributed by atoms with van der Waals surface area (Å²) in [5.41, 5.74) is 5.71. The highest BCUT2D eigenvalue weighted by atomic mass is 16.5. The van der Waals surface area contributed by atoms with Crippen molar-refractivity contribution in [1.29, 1.82) is 0 Å². The summed E-state index contributed by atoms with van der Waals surface area (Å²) in [4.78, 5) is 34.5. The van der Waals surface area contributed by atoms with Crippen molar-refractivity contribution in [3.05, 3.63) is 100 Å². The second-order valence-corrected chi connectivity index (χ2v) is 9.40. The van der Waals surface area contributed by atoms with Gasteiger partial charge in [-0.1, -0.05) is 55.5 Å². The van der Waals surface area contributed by atoms with Crippen LogP contribution in [0, 0.1) is 0 Å². The molecule has 36 heavy (non-hydrogen) atoms. The average molecular weight is 478 g/mol. The number of hydrogen-bond donors (Lipinski definition) is 1. The minimum Gasteiger partial charge on any atom is -0.457 e. The molecule has 0 fully saturated rings. The summed E-state index contributed by atoms with van der Waals surface area (Å²) in [6, 6.07) is 20.0. The van der Waals surface area contributed by atoms with Crippen LogP contribution in [0.5, 0.6) is 0 Å². The molecule has 3 aromatic heterocycles. The van der Waals surface area contributed by atoms with Crippen LogP contribution in [-0.2, 0) is 22.5 Å². The summed E-state index contributed by atoms with van der Waals surface area (Å²) in [5, 5.41) is 2.49. The van der Waals surface area contributed by atoms with E-state index in [1.807, 2.05) is 66.9 Å². The van der Waals surface area contributed by atoms with E-state index in [0.717, 1.165) is 39.8 Å². The Balaban J connectivity index is 1.42. The molecular weight excluding hydrogens is 450 g/mol. The lowest BCUT2D eigenvalue weighted by molar-refractivity contribution is -0.150. The third-order valence-corrected chi connectivity index (χ3v) is 7.35. The summed E-state index contributed by atoms with van der Waals surface area (Å²) >= 11 is 0. The van der Waals surface area contributed by atoms with Gasteiger partial charge in [-0.2, -0.15) is 0 Å². The van der Waals surface area contributed by atoms with Gasteiger partial charge in [0.25, 0.3) is 5.56 Å². The van der Waals surface area contributed by atoms with Crippen LogP contribution in [0.1, 0.15) is 49.0 Å². The molecule has 6 nitrogen and oxygen atoms in total. The van der Waals surface area contributed by atoms with Gasteiger partial charge in [0.2, 0.25) is 0 Å². The van der Waals surface area contributed by atoms with Crippen molar-refractivity contribution >= 4 is 27.6 Å². The number of carbonyl (C=O) groups excluding carboxylic acids is 1. The highest BCUT2D eigenvalue weighted by Gasteiger charge is 2.26. The fourth-order valence-corrected chi connectivity index (χ4v) is 5.49. The quantitative estimate of drug-likeness (QED) is 0.320. The van der Waals surface area contributed by atoms with E-state index in [9.17, 15) is 9.59 Å². The van der Waals surface area contributed by atoms with Gasteiger partial charge in [-0.25, -0.2) is 0 Å². The number of benzene rings is 2. The van der Waals surface area contributed by atoms with E-state index in [4.69, 9.17) is 4.74 Å². The van der Waals surface area contributed by atoms with Gasteiger partial charge >= 0.3 is 5.97 Å². The molecule has 4 heterocycles. The number of hydrogen-bond acceptors (Lipinski definition) is 4. The number of aromatic amines is 1. The zero-order chi connectivity index (χ0) is 24.8. The maximum Gasteiger partial charge on any atom is 0.314 e. The Kier molecular flexibility index (Phi) is 5.44. The van der Waals surface area contributed by atoms with Gasteiger partial charge in [-0.05, 0) is 48.4 Å². The SMILES string of the molecule is CC[C@@H](C(=O)O[C@H](C)c1cncc2c(=O)n3c(cc12)-c1[nH]c2ccccc2c1CC3)c1ccccc1. The maximum absolute atomic E-state index is 13.5. The number of nitrogens with one attached hydrogen (secondary N) is 1. The molecule has 0 aliphatic carbocycles. The van der Waals surface area contributed by atoms with Crippen molar-refractivity contribution in [3.63, 3.8) is 0 Å². The number of rotatable bonds is 5. The van der Waals surface area contributed by atoms with Gasteiger partial charge in [-0.3, -0.25) is 14.6 Å². The third kappa shape index (κ3) is 3.52. The molecule has 0 amide bonds. The highest BCUT2D eigenvalue weighted by Crippen LogP contribution is 2.36. The fraction of sp³-hybridized carbons (Fsp3) is 0.233. The summed E-state index contributed by atoms with van der Waals surface area (Å²) in [6.45, 7) is 4.44. The number of carbonyl (C=O) groups is 1. The zero-order valence-corrected chi connectivity index (χ0v) is 20.3. The number of ether oxygens (including phenoxy) is 1. The Labute approximate surface area is 208 Å². The minimum absolute atomic E-state index is 0.0737. The lowest BCUT2D eigenvalue weighted by Gasteiger charge is -2.22. The summed E-state index contributed by atoms with van der Waals surface area (Å²) < 4.78 is 7.78. The summed E-state index contributed by atoms with van der Waals surface area (Å²) in [5.74, 6) is -0.621. The third-order valence-electron chi connectivity index (χ3n) is 7.35. The van der Waals surface area contributed by atoms with E-state index in [1.54, 1.807) is 12.4 Å². The molecule has 1 aliphatic heterocycles. The summed E-state index contributed by atoms with van der Waals surface area (Å²) in [7, 11) is 0. The molecule has 0 saturated heterocycles. The van der Waals surface area contributed by atoms with Crippen LogP contribution in [0.15, 0.2) is 77.9 Å². The first-order valence-corrected chi connectivity index (χ1v) is 12.4. The lowest BCUT2D eigenvalue weighted by Crippen LogP contribution is -2.26. The van der Waals surface area contributed by atoms with Gasteiger partial charge in [0.1, 0.15) is 6.10 Å². The van der Waals surface area contributed by atoms with Crippen molar-refractivity contribution in [3.8, 4) is 11.4 Å². The van der Waals surface area contributed by atoms with E-state index >= 15 is 0 Å². The molecule has 1 aliphatic rings. The van der Waals surface area contributed by atoms with Gasteiger partial charge in [0.15, 0.2) is 0 Å². The van der Waals surface area contributed by atoms with Gasteiger partial charge in [-0.15, -0.1) is 0 Å². The molecule has 0 spiro atoms. The maximum atomic E-state index is 13.5. The second kappa shape index (κ2) is 8.79. The van der Waals surface area contributed by atoms with Crippen LogP contribution in [0.3, 0.4) is 0 Å². The lowest BCUT2D eigenvalue weighted by atomic mass is 9.96. The van der Waals surface area contributed by atoms with E-state index in [0.29, 0.717) is 18.4 Å². The highest BCUT2D eigenvalue weighted by molar-refractivity contribution is 5.94. The van der Waals surface area contributed by atoms with E-state index in [-0.39, 0.29) is 17.4 Å². The molecule has 180 valence electrons. The summed E-state index contributed by atoms with van der Waals surface area (Å²) in [6.07, 6.45) is 4.19. The Hall–Kier alpha value is -4.19. The predicted molar refractivity (Wildman–Crippen MR) is 141 cm³/mol. The number of aryl methyl sites for hydroxylation is 1. The number of fused-ring (bicyclic) bond motifs is 6. The fourth-order valence-electron chi connectivity index (χ4n) is 5.49. The molecule has 1 N–H and O–H groups in total. The monoisotopic (exact) mass is 477 g/mol. The number of H-pyrrole nitrogens is 1. The standard InChI is InChI=1S/C30H27N3O3/c1-3-20(19-9-5-4-6-10-19)30(35)36-18(2)24-16-31-17-25-23(24)15-27-28-22(13-14-33(27)29(25)34)21-11-7-8-12-26(21)32-28/h4-12,15-18,20,32H,3,13-14H2,1-2H3/t18-,20-/m1/s1. The molecule has 6 heteroatoms. The first-order valence-electron chi connectivity index (χ1n) is 12.4. The van der Waals surface area contributed by atoms with Crippen molar-refractivity contribution in [2.75, 3.05) is 0 Å². The van der Waals surface area contributed by atoms with Gasteiger partial charge in [0.05, 0.1) is 22.7 Å². The molecular formula is C30H27N3O3. The largest absolute Gasteiger partial charge is 0.457 e. The number of pyridine rings is 2. The first kappa shape index (κ1) is 22.3. The average Bonchev–Trinajstić information content (AvgIpc) is 3.29. The molecule has 0 radical (unpaired) electrons. The van der Waals surface area contributed by atoms with Crippen LogP contribution in [0.2, 0.25) is 0 Å². The molecule has 5 aromatic rings. The molecule has 2 atom stereocenters. The number of esters is 1. The molecule has 6 rings (SSSR count). The van der Waals surface area contributed by atoms with Crippen LogP contribution < -0.4 is 5.56 Å². The van der Waals surface area contributed by atoms with E-state index in [2.05, 4.69) is 22.1 Å². The Bertz CT molecular complexity index is 1670. The van der Waals surface area contributed by atoms with Crippen LogP contribution >= 0.6 is 0 Å². The molecule has 0 saturated carbocycles. The van der Waals surface area contributed by atoms with Crippen molar-refractivity contribution in [1.82, 2.24) is 14.5 Å². The molecule has 0 unspecified atom stereocenters. The van der Waals surface area contributed by atoms with Crippen LogP contribution in [0.4, 0.5) is 0 Å². The molecule has 0 bridgehead atoms. The van der Waals surface area contributed by atoms with Crippen molar-refractivity contribution in [2.24, 2.45) is 0 Å². The number of aromatic nitrogens is 3. The van der Waals surface area contributed by atoms with E-state index < -0.39 is 6.10 Å². The normalized spacial score (nSPS) is 14.3. The smallest absolute Gasteiger partial charge is 0.314 e. The molecule has 2 aromatic carbocycles. The van der Waals surface area contributed by atoms with Crippen molar-refractivity contribution in [2.45, 2.75) is 45.3 Å². The Morgan fingerprint density at radius 2 is 1.83 bits per heavy atom. The first-order chi connectivity index (χ1) is 17.6. The van der Waals surface area contributed by atoms with Crippen LogP contribution in [-0.4, -0.2) is 20.5 Å². The second-order valence-electron chi connectivity index (χ2n) is 9.40. The zero-order valence-electron chi connectivity index (χ0n) is 20.3. The van der Waals surface area contributed by atoms with Gasteiger partial charge in [0, 0.05) is 35.4 Å². The minimum atomic E-state index is -0.556. The number of para-hydroxylation sites is 1. The van der Waals surface area contributed by atoms with Crippen LogP contribution in [0.25, 0.3) is 33.1 Å². The topological polar surface area (TPSA) is 77.0 Å². The van der Waals surface area contributed by atoms with E-state index in [1.165, 1.54) is 10.9 Å².